The van der Waals surface area contributed by atoms with Crippen molar-refractivity contribution in [3.05, 3.63) is 11.4 Å². The average Bonchev–Trinajstić information content (AvgIpc) is 2.32. The molecule has 4 heteroatoms. The van der Waals surface area contributed by atoms with E-state index in [2.05, 4.69) is 49.9 Å². The number of rotatable bonds is 7. The first-order valence-electron chi connectivity index (χ1n) is 6.82. The summed E-state index contributed by atoms with van der Waals surface area (Å²) >= 11 is 1.84. The normalized spacial score (nSPS) is 11.0. The molecule has 0 amide bonds. The Balaban J connectivity index is 2.97. The lowest BCUT2D eigenvalue weighted by atomic mass is 10.3. The highest BCUT2D eigenvalue weighted by Crippen LogP contribution is 2.26. The summed E-state index contributed by atoms with van der Waals surface area (Å²) in [6.45, 7) is 11.7. The van der Waals surface area contributed by atoms with E-state index in [1.165, 1.54) is 5.56 Å². The van der Waals surface area contributed by atoms with Gasteiger partial charge in [-0.15, -0.1) is 11.8 Å². The third kappa shape index (κ3) is 4.48. The van der Waals surface area contributed by atoms with Crippen LogP contribution in [0, 0.1) is 12.8 Å². The van der Waals surface area contributed by atoms with Gasteiger partial charge in [-0.2, -0.15) is 0 Å². The Morgan fingerprint density at radius 2 is 1.94 bits per heavy atom. The Morgan fingerprint density at radius 3 is 2.50 bits per heavy atom. The van der Waals surface area contributed by atoms with Gasteiger partial charge in [0.05, 0.1) is 0 Å². The van der Waals surface area contributed by atoms with Gasteiger partial charge in [-0.3, -0.25) is 0 Å². The lowest BCUT2D eigenvalue weighted by Crippen LogP contribution is -2.08. The van der Waals surface area contributed by atoms with Crippen molar-refractivity contribution < 1.29 is 0 Å². The highest BCUT2D eigenvalue weighted by molar-refractivity contribution is 7.99. The zero-order valence-corrected chi connectivity index (χ0v) is 13.0. The molecule has 0 radical (unpaired) electrons. The largest absolute Gasteiger partial charge is 0.370 e. The predicted molar refractivity (Wildman–Crippen MR) is 80.5 cm³/mol. The first-order chi connectivity index (χ1) is 8.58. The number of aryl methyl sites for hydroxylation is 1. The van der Waals surface area contributed by atoms with Gasteiger partial charge in [0.2, 0.25) is 0 Å². The Bertz CT molecular complexity index is 378. The molecular formula is C14H25N3S. The van der Waals surface area contributed by atoms with Crippen LogP contribution in [0.25, 0.3) is 0 Å². The molecule has 0 aliphatic heterocycles. The summed E-state index contributed by atoms with van der Waals surface area (Å²) in [5.74, 6) is 3.75. The lowest BCUT2D eigenvalue weighted by molar-refractivity contribution is 0.747. The molecule has 0 saturated carbocycles. The highest BCUT2D eigenvalue weighted by atomic mass is 32.2. The average molecular weight is 267 g/mol. The van der Waals surface area contributed by atoms with E-state index in [0.29, 0.717) is 5.92 Å². The van der Waals surface area contributed by atoms with Crippen LogP contribution in [-0.2, 0) is 6.42 Å². The summed E-state index contributed by atoms with van der Waals surface area (Å²) < 4.78 is 0. The molecule has 3 nitrogen and oxygen atoms in total. The fourth-order valence-electron chi connectivity index (χ4n) is 1.60. The third-order valence-electron chi connectivity index (χ3n) is 2.52. The third-order valence-corrected chi connectivity index (χ3v) is 4.02. The minimum absolute atomic E-state index is 0.682. The van der Waals surface area contributed by atoms with Crippen molar-refractivity contribution in [2.75, 3.05) is 17.6 Å². The molecule has 0 fully saturated rings. The van der Waals surface area contributed by atoms with E-state index in [0.717, 1.165) is 41.8 Å². The number of anilines is 1. The van der Waals surface area contributed by atoms with E-state index in [1.54, 1.807) is 0 Å². The molecule has 1 rings (SSSR count). The predicted octanol–water partition coefficient (Wildman–Crippen LogP) is 3.92. The van der Waals surface area contributed by atoms with Crippen LogP contribution in [0.15, 0.2) is 5.03 Å². The van der Waals surface area contributed by atoms with Gasteiger partial charge < -0.3 is 5.32 Å². The van der Waals surface area contributed by atoms with E-state index in [-0.39, 0.29) is 0 Å². The molecule has 1 heterocycles. The lowest BCUT2D eigenvalue weighted by Gasteiger charge is -2.13. The molecule has 0 bridgehead atoms. The van der Waals surface area contributed by atoms with Crippen molar-refractivity contribution in [2.24, 2.45) is 5.92 Å². The molecule has 102 valence electrons. The second-order valence-electron chi connectivity index (χ2n) is 4.90. The summed E-state index contributed by atoms with van der Waals surface area (Å²) in [5, 5.41) is 4.48. The quantitative estimate of drug-likeness (QED) is 0.600. The maximum Gasteiger partial charge on any atom is 0.133 e. The van der Waals surface area contributed by atoms with Gasteiger partial charge in [0.25, 0.3) is 0 Å². The van der Waals surface area contributed by atoms with Gasteiger partial charge in [-0.25, -0.2) is 9.97 Å². The van der Waals surface area contributed by atoms with Gasteiger partial charge in [0, 0.05) is 24.3 Å². The number of nitrogens with zero attached hydrogens (tertiary/aromatic N) is 2. The van der Waals surface area contributed by atoms with Crippen molar-refractivity contribution in [1.82, 2.24) is 9.97 Å². The Hall–Kier alpha value is -0.770. The van der Waals surface area contributed by atoms with Crippen LogP contribution in [0.2, 0.25) is 0 Å². The maximum atomic E-state index is 4.69. The molecule has 1 N–H and O–H groups in total. The molecule has 0 unspecified atom stereocenters. The minimum atomic E-state index is 0.682. The summed E-state index contributed by atoms with van der Waals surface area (Å²) in [5.41, 5.74) is 1.18. The SMILES string of the molecule is CCCc1nc(NCC)c(C)c(SCC(C)C)n1. The Kier molecular flexibility index (Phi) is 6.47. The van der Waals surface area contributed by atoms with Crippen LogP contribution in [-0.4, -0.2) is 22.3 Å². The van der Waals surface area contributed by atoms with Crippen molar-refractivity contribution in [1.29, 1.82) is 0 Å². The first-order valence-corrected chi connectivity index (χ1v) is 7.81. The van der Waals surface area contributed by atoms with E-state index in [4.69, 9.17) is 0 Å². The van der Waals surface area contributed by atoms with Crippen LogP contribution < -0.4 is 5.32 Å². The van der Waals surface area contributed by atoms with Gasteiger partial charge in [0.15, 0.2) is 0 Å². The van der Waals surface area contributed by atoms with Crippen LogP contribution in [0.4, 0.5) is 5.82 Å². The maximum absolute atomic E-state index is 4.69. The topological polar surface area (TPSA) is 37.8 Å². The zero-order chi connectivity index (χ0) is 13.5. The summed E-state index contributed by atoms with van der Waals surface area (Å²) in [6, 6.07) is 0. The van der Waals surface area contributed by atoms with Crippen molar-refractivity contribution in [2.45, 2.75) is 52.5 Å². The molecular weight excluding hydrogens is 242 g/mol. The van der Waals surface area contributed by atoms with Gasteiger partial charge in [-0.05, 0) is 26.2 Å². The van der Waals surface area contributed by atoms with Crippen molar-refractivity contribution in [3.63, 3.8) is 0 Å². The first kappa shape index (κ1) is 15.3. The fraction of sp³-hybridized carbons (Fsp3) is 0.714. The smallest absolute Gasteiger partial charge is 0.133 e. The standard InChI is InChI=1S/C14H25N3S/c1-6-8-12-16-13(15-7-2)11(5)14(17-12)18-9-10(3)4/h10H,6-9H2,1-5H3,(H,15,16,17). The number of nitrogens with one attached hydrogen (secondary N) is 1. The molecule has 0 saturated heterocycles. The summed E-state index contributed by atoms with van der Waals surface area (Å²) in [6.07, 6.45) is 2.04. The molecule has 1 aromatic heterocycles. The molecule has 1 aromatic rings. The molecule has 0 aliphatic rings. The number of hydrogen-bond donors (Lipinski definition) is 1. The molecule has 0 spiro atoms. The van der Waals surface area contributed by atoms with Gasteiger partial charge >= 0.3 is 0 Å². The second-order valence-corrected chi connectivity index (χ2v) is 5.91. The van der Waals surface area contributed by atoms with E-state index < -0.39 is 0 Å². The molecule has 18 heavy (non-hydrogen) atoms. The molecule has 0 atom stereocenters. The monoisotopic (exact) mass is 267 g/mol. The number of aromatic nitrogens is 2. The van der Waals surface area contributed by atoms with Crippen LogP contribution in [0.5, 0.6) is 0 Å². The van der Waals surface area contributed by atoms with E-state index in [1.807, 2.05) is 11.8 Å². The number of thioether (sulfide) groups is 1. The Labute approximate surface area is 115 Å². The minimum Gasteiger partial charge on any atom is -0.370 e. The van der Waals surface area contributed by atoms with Gasteiger partial charge in [-0.1, -0.05) is 20.8 Å². The van der Waals surface area contributed by atoms with E-state index >= 15 is 0 Å². The summed E-state index contributed by atoms with van der Waals surface area (Å²) in [4.78, 5) is 9.29. The summed E-state index contributed by atoms with van der Waals surface area (Å²) in [7, 11) is 0. The Morgan fingerprint density at radius 1 is 1.22 bits per heavy atom. The van der Waals surface area contributed by atoms with Crippen LogP contribution in [0.3, 0.4) is 0 Å². The van der Waals surface area contributed by atoms with Crippen molar-refractivity contribution in [3.8, 4) is 0 Å². The van der Waals surface area contributed by atoms with Crippen LogP contribution in [0.1, 0.15) is 45.5 Å². The second kappa shape index (κ2) is 7.62. The van der Waals surface area contributed by atoms with Crippen LogP contribution >= 0.6 is 11.8 Å². The highest BCUT2D eigenvalue weighted by Gasteiger charge is 2.11. The fourth-order valence-corrected chi connectivity index (χ4v) is 2.58. The van der Waals surface area contributed by atoms with Crippen molar-refractivity contribution >= 4 is 17.6 Å². The molecule has 0 aliphatic carbocycles. The van der Waals surface area contributed by atoms with Gasteiger partial charge in [0.1, 0.15) is 16.7 Å². The number of hydrogen-bond acceptors (Lipinski definition) is 4. The molecule has 0 aromatic carbocycles. The van der Waals surface area contributed by atoms with E-state index in [9.17, 15) is 0 Å². The zero-order valence-electron chi connectivity index (χ0n) is 12.2.